The van der Waals surface area contributed by atoms with Gasteiger partial charge < -0.3 is 14.4 Å². The molecule has 126 valence electrons. The molecular formula is C17H24N2O4. The fourth-order valence-electron chi connectivity index (χ4n) is 3.61. The summed E-state index contributed by atoms with van der Waals surface area (Å²) in [4.78, 5) is 14.9. The van der Waals surface area contributed by atoms with Crippen LogP contribution in [0.15, 0.2) is 16.7 Å². The van der Waals surface area contributed by atoms with Gasteiger partial charge in [-0.3, -0.25) is 9.69 Å². The van der Waals surface area contributed by atoms with Gasteiger partial charge in [0.25, 0.3) is 5.88 Å². The van der Waals surface area contributed by atoms with Crippen molar-refractivity contribution in [3.8, 4) is 5.88 Å². The van der Waals surface area contributed by atoms with E-state index in [-0.39, 0.29) is 23.6 Å². The van der Waals surface area contributed by atoms with Gasteiger partial charge in [-0.05, 0) is 32.1 Å². The Labute approximate surface area is 136 Å². The minimum Gasteiger partial charge on any atom is -0.475 e. The van der Waals surface area contributed by atoms with E-state index >= 15 is 0 Å². The fraction of sp³-hybridized carbons (Fsp3) is 0.647. The highest BCUT2D eigenvalue weighted by atomic mass is 16.5. The third kappa shape index (κ3) is 2.50. The lowest BCUT2D eigenvalue weighted by atomic mass is 9.66. The van der Waals surface area contributed by atoms with Gasteiger partial charge in [-0.1, -0.05) is 25.5 Å². The van der Waals surface area contributed by atoms with E-state index in [0.29, 0.717) is 30.8 Å². The number of unbranched alkanes of at least 4 members (excludes halogenated alkanes) is 1. The molecule has 1 N–H and O–H groups in total. The van der Waals surface area contributed by atoms with Gasteiger partial charge >= 0.3 is 0 Å². The molecule has 0 radical (unpaired) electrons. The first-order valence-electron chi connectivity index (χ1n) is 8.21. The highest BCUT2D eigenvalue weighted by Gasteiger charge is 2.56. The van der Waals surface area contributed by atoms with Crippen LogP contribution in [-0.2, 0) is 0 Å². The van der Waals surface area contributed by atoms with Gasteiger partial charge in [-0.15, -0.1) is 0 Å². The molecule has 0 aromatic carbocycles. The number of ketones is 1. The maximum atomic E-state index is 13.0. The van der Waals surface area contributed by atoms with E-state index in [0.717, 1.165) is 12.8 Å². The first-order valence-corrected chi connectivity index (χ1v) is 8.21. The highest BCUT2D eigenvalue weighted by molar-refractivity contribution is 6.06. The minimum atomic E-state index is -1.41. The first kappa shape index (κ1) is 16.2. The number of Topliss-reactive ketones (excluding diaryl/α,β-unsaturated/α-hetero) is 1. The molecule has 0 saturated carbocycles. The van der Waals surface area contributed by atoms with Crippen molar-refractivity contribution in [3.63, 3.8) is 0 Å². The summed E-state index contributed by atoms with van der Waals surface area (Å²) in [6.45, 7) is 2.55. The van der Waals surface area contributed by atoms with E-state index in [1.54, 1.807) is 0 Å². The zero-order chi connectivity index (χ0) is 16.6. The van der Waals surface area contributed by atoms with Crippen molar-refractivity contribution >= 4 is 5.78 Å². The van der Waals surface area contributed by atoms with Crippen LogP contribution in [0.4, 0.5) is 0 Å². The summed E-state index contributed by atoms with van der Waals surface area (Å²) >= 11 is 0. The summed E-state index contributed by atoms with van der Waals surface area (Å²) < 4.78 is 11.1. The smallest absolute Gasteiger partial charge is 0.265 e. The summed E-state index contributed by atoms with van der Waals surface area (Å²) in [5.41, 5.74) is -1.10. The molecule has 0 bridgehead atoms. The Kier molecular flexibility index (Phi) is 4.29. The summed E-state index contributed by atoms with van der Waals surface area (Å²) in [7, 11) is 3.84. The molecule has 1 aromatic heterocycles. The zero-order valence-corrected chi connectivity index (χ0v) is 13.9. The van der Waals surface area contributed by atoms with Crippen LogP contribution in [0.25, 0.3) is 0 Å². The Bertz CT molecular complexity index is 622. The maximum absolute atomic E-state index is 13.0. The number of ether oxygens (including phenoxy) is 1. The molecule has 1 heterocycles. The van der Waals surface area contributed by atoms with Gasteiger partial charge in [0.1, 0.15) is 11.2 Å². The van der Waals surface area contributed by atoms with Gasteiger partial charge in [0.15, 0.2) is 5.76 Å². The van der Waals surface area contributed by atoms with E-state index in [9.17, 15) is 9.90 Å². The van der Waals surface area contributed by atoms with Crippen molar-refractivity contribution in [2.45, 2.75) is 44.2 Å². The van der Waals surface area contributed by atoms with Crippen LogP contribution in [0.2, 0.25) is 0 Å². The molecule has 3 rings (SSSR count). The third-order valence-corrected chi connectivity index (χ3v) is 4.85. The molecule has 2 aliphatic rings. The Morgan fingerprint density at radius 1 is 1.48 bits per heavy atom. The number of nitrogens with zero attached hydrogens (tertiary/aromatic N) is 2. The molecule has 0 saturated heterocycles. The number of aromatic nitrogens is 1. The number of hydrogen-bond donors (Lipinski definition) is 1. The molecule has 6 heteroatoms. The molecule has 3 atom stereocenters. The third-order valence-electron chi connectivity index (χ3n) is 4.85. The average molecular weight is 320 g/mol. The van der Waals surface area contributed by atoms with Gasteiger partial charge in [0, 0.05) is 12.3 Å². The second kappa shape index (κ2) is 6.09. The summed E-state index contributed by atoms with van der Waals surface area (Å²) in [6, 6.07) is -0.200. The molecule has 6 nitrogen and oxygen atoms in total. The van der Waals surface area contributed by atoms with Gasteiger partial charge in [0.2, 0.25) is 5.78 Å². The predicted octanol–water partition coefficient (Wildman–Crippen LogP) is 2.35. The van der Waals surface area contributed by atoms with Crippen LogP contribution in [-0.4, -0.2) is 47.2 Å². The lowest BCUT2D eigenvalue weighted by molar-refractivity contribution is -0.0415. The summed E-state index contributed by atoms with van der Waals surface area (Å²) in [5, 5.41) is 15.1. The Balaban J connectivity index is 2.04. The highest BCUT2D eigenvalue weighted by Crippen LogP contribution is 2.50. The number of carbonyl (C=O) groups excluding carboxylic acids is 1. The Morgan fingerprint density at radius 3 is 2.96 bits per heavy atom. The van der Waals surface area contributed by atoms with Gasteiger partial charge in [-0.2, -0.15) is 0 Å². The fourth-order valence-corrected chi connectivity index (χ4v) is 3.61. The van der Waals surface area contributed by atoms with Gasteiger partial charge in [0.05, 0.1) is 12.6 Å². The van der Waals surface area contributed by atoms with E-state index < -0.39 is 5.60 Å². The molecule has 1 aromatic rings. The lowest BCUT2D eigenvalue weighted by Gasteiger charge is -2.45. The average Bonchev–Trinajstić information content (AvgIpc) is 2.92. The molecular weight excluding hydrogens is 296 g/mol. The van der Waals surface area contributed by atoms with E-state index in [2.05, 4.69) is 12.1 Å². The van der Waals surface area contributed by atoms with Crippen LogP contribution in [0.3, 0.4) is 0 Å². The molecule has 0 unspecified atom stereocenters. The van der Waals surface area contributed by atoms with E-state index in [4.69, 9.17) is 9.26 Å². The molecule has 0 aliphatic heterocycles. The van der Waals surface area contributed by atoms with Crippen molar-refractivity contribution in [3.05, 3.63) is 23.5 Å². The lowest BCUT2D eigenvalue weighted by Crippen LogP contribution is -2.54. The Morgan fingerprint density at radius 2 is 2.26 bits per heavy atom. The quantitative estimate of drug-likeness (QED) is 0.663. The van der Waals surface area contributed by atoms with Gasteiger partial charge in [-0.25, -0.2) is 0 Å². The zero-order valence-electron chi connectivity index (χ0n) is 13.9. The number of rotatable bonds is 5. The number of hydrogen-bond acceptors (Lipinski definition) is 6. The molecule has 0 fully saturated rings. The van der Waals surface area contributed by atoms with Crippen LogP contribution in [0, 0.1) is 5.92 Å². The first-order chi connectivity index (χ1) is 11.0. The number of allylic oxidation sites excluding steroid dienone is 1. The van der Waals surface area contributed by atoms with Crippen LogP contribution >= 0.6 is 0 Å². The molecule has 2 aliphatic carbocycles. The molecule has 23 heavy (non-hydrogen) atoms. The summed E-state index contributed by atoms with van der Waals surface area (Å²) in [5.74, 6) is 0.162. The van der Waals surface area contributed by atoms with Crippen LogP contribution in [0.5, 0.6) is 5.88 Å². The standard InChI is InChI=1S/C17H24N2O4/c1-4-5-10-22-16-12-14(23-18-16)13(19(2)3)11-8-6-7-9-17(11,21)15(12)20/h6-7,11,13,21H,4-5,8-10H2,1-3H3/t11-,13-,17+/m0/s1. The molecule has 0 amide bonds. The largest absolute Gasteiger partial charge is 0.475 e. The van der Waals surface area contributed by atoms with Crippen molar-refractivity contribution in [1.29, 1.82) is 0 Å². The Hall–Kier alpha value is -1.66. The maximum Gasteiger partial charge on any atom is 0.265 e. The van der Waals surface area contributed by atoms with Crippen LogP contribution in [0.1, 0.15) is 54.8 Å². The monoisotopic (exact) mass is 320 g/mol. The minimum absolute atomic E-state index is 0.200. The number of aliphatic hydroxyl groups is 1. The predicted molar refractivity (Wildman–Crippen MR) is 84.5 cm³/mol. The van der Waals surface area contributed by atoms with Crippen molar-refractivity contribution in [1.82, 2.24) is 10.1 Å². The summed E-state index contributed by atoms with van der Waals surface area (Å²) in [6.07, 6.45) is 6.71. The van der Waals surface area contributed by atoms with E-state index in [1.807, 2.05) is 31.1 Å². The van der Waals surface area contributed by atoms with Crippen molar-refractivity contribution in [2.24, 2.45) is 5.92 Å². The number of fused-ring (bicyclic) bond motifs is 2. The number of carbonyl (C=O) groups is 1. The molecule has 0 spiro atoms. The van der Waals surface area contributed by atoms with Crippen LogP contribution < -0.4 is 4.74 Å². The van der Waals surface area contributed by atoms with Crippen molar-refractivity contribution < 1.29 is 19.2 Å². The normalized spacial score (nSPS) is 29.5. The van der Waals surface area contributed by atoms with E-state index in [1.165, 1.54) is 0 Å². The second-order valence-electron chi connectivity index (χ2n) is 6.61. The topological polar surface area (TPSA) is 75.8 Å². The second-order valence-corrected chi connectivity index (χ2v) is 6.61. The SMILES string of the molecule is CCCCOc1noc2c1C(=O)[C@@]1(O)CC=CC[C@H]1[C@@H]2N(C)C. The van der Waals surface area contributed by atoms with Crippen molar-refractivity contribution in [2.75, 3.05) is 20.7 Å².